The highest BCUT2D eigenvalue weighted by atomic mass is 32.2. The lowest BCUT2D eigenvalue weighted by Crippen LogP contribution is -2.26. The van der Waals surface area contributed by atoms with Crippen molar-refractivity contribution in [3.05, 3.63) is 0 Å². The summed E-state index contributed by atoms with van der Waals surface area (Å²) in [6.07, 6.45) is 1.58. The van der Waals surface area contributed by atoms with Gasteiger partial charge in [0.1, 0.15) is 0 Å². The molecule has 0 spiro atoms. The molecule has 15 heavy (non-hydrogen) atoms. The molecule has 1 fully saturated rings. The second-order valence-electron chi connectivity index (χ2n) is 3.77. The summed E-state index contributed by atoms with van der Waals surface area (Å²) < 4.78 is 4.49. The van der Waals surface area contributed by atoms with Gasteiger partial charge in [-0.15, -0.1) is 11.8 Å². The summed E-state index contributed by atoms with van der Waals surface area (Å²) in [6.45, 7) is 2.12. The molecule has 2 atom stereocenters. The number of rotatable bonds is 6. The first-order chi connectivity index (χ1) is 7.13. The minimum absolute atomic E-state index is 0.0849. The molecule has 0 aromatic carbocycles. The molecule has 0 saturated heterocycles. The van der Waals surface area contributed by atoms with Gasteiger partial charge in [-0.1, -0.05) is 6.92 Å². The molecule has 0 bridgehead atoms. The smallest absolute Gasteiger partial charge is 0.315 e. The lowest BCUT2D eigenvalue weighted by Gasteiger charge is -2.03. The van der Waals surface area contributed by atoms with Crippen LogP contribution in [0.4, 0.5) is 0 Å². The summed E-state index contributed by atoms with van der Waals surface area (Å²) in [6, 6.07) is 0.392. The molecule has 1 saturated carbocycles. The van der Waals surface area contributed by atoms with E-state index in [1.165, 1.54) is 18.9 Å². The van der Waals surface area contributed by atoms with E-state index in [9.17, 15) is 9.59 Å². The molecule has 1 aliphatic carbocycles. The first-order valence-electron chi connectivity index (χ1n) is 5.07. The van der Waals surface area contributed by atoms with Crippen LogP contribution in [0.1, 0.15) is 19.8 Å². The molecule has 0 aromatic rings. The van der Waals surface area contributed by atoms with Crippen LogP contribution in [0, 0.1) is 5.92 Å². The first-order valence-corrected chi connectivity index (χ1v) is 6.23. The summed E-state index contributed by atoms with van der Waals surface area (Å²) in [5, 5.41) is 2.94. The Morgan fingerprint density at radius 1 is 1.53 bits per heavy atom. The third-order valence-corrected chi connectivity index (χ3v) is 3.31. The van der Waals surface area contributed by atoms with Crippen molar-refractivity contribution in [1.29, 1.82) is 0 Å². The Kier molecular flexibility index (Phi) is 4.94. The van der Waals surface area contributed by atoms with Crippen LogP contribution in [0.5, 0.6) is 0 Å². The van der Waals surface area contributed by atoms with E-state index < -0.39 is 0 Å². The van der Waals surface area contributed by atoms with Gasteiger partial charge in [0.05, 0.1) is 12.9 Å². The SMILES string of the molecule is COC(=O)CSCCC(=O)N[C@H]1C[C@@H]1C. The van der Waals surface area contributed by atoms with E-state index in [1.54, 1.807) is 0 Å². The number of hydrogen-bond donors (Lipinski definition) is 1. The zero-order valence-corrected chi connectivity index (χ0v) is 9.93. The lowest BCUT2D eigenvalue weighted by atomic mass is 10.4. The average molecular weight is 231 g/mol. The number of amides is 1. The van der Waals surface area contributed by atoms with Gasteiger partial charge in [-0.2, -0.15) is 0 Å². The van der Waals surface area contributed by atoms with Crippen LogP contribution in [-0.2, 0) is 14.3 Å². The van der Waals surface area contributed by atoms with Gasteiger partial charge in [0.15, 0.2) is 0 Å². The summed E-state index contributed by atoms with van der Waals surface area (Å²) in [5.41, 5.74) is 0. The van der Waals surface area contributed by atoms with Crippen molar-refractivity contribution in [2.75, 3.05) is 18.6 Å². The van der Waals surface area contributed by atoms with Crippen LogP contribution in [0.15, 0.2) is 0 Å². The third kappa shape index (κ3) is 5.06. The number of ether oxygens (including phenoxy) is 1. The van der Waals surface area contributed by atoms with Crippen LogP contribution in [0.3, 0.4) is 0 Å². The lowest BCUT2D eigenvalue weighted by molar-refractivity contribution is -0.137. The number of thioether (sulfide) groups is 1. The molecule has 0 aliphatic heterocycles. The quantitative estimate of drug-likeness (QED) is 0.543. The molecular weight excluding hydrogens is 214 g/mol. The molecule has 5 heteroatoms. The topological polar surface area (TPSA) is 55.4 Å². The highest BCUT2D eigenvalue weighted by Gasteiger charge is 2.33. The molecule has 1 rings (SSSR count). The molecule has 1 N–H and O–H groups in total. The van der Waals surface area contributed by atoms with Gasteiger partial charge in [-0.25, -0.2) is 0 Å². The monoisotopic (exact) mass is 231 g/mol. The predicted molar refractivity (Wildman–Crippen MR) is 59.7 cm³/mol. The van der Waals surface area contributed by atoms with Gasteiger partial charge in [0.2, 0.25) is 5.91 Å². The van der Waals surface area contributed by atoms with E-state index in [0.717, 1.165) is 6.42 Å². The van der Waals surface area contributed by atoms with Gasteiger partial charge >= 0.3 is 5.97 Å². The zero-order valence-electron chi connectivity index (χ0n) is 9.12. The number of carbonyl (C=O) groups is 2. The molecule has 1 amide bonds. The Morgan fingerprint density at radius 3 is 2.73 bits per heavy atom. The number of esters is 1. The van der Waals surface area contributed by atoms with Gasteiger partial charge in [0, 0.05) is 18.2 Å². The number of carbonyl (C=O) groups excluding carboxylic acids is 2. The van der Waals surface area contributed by atoms with E-state index >= 15 is 0 Å². The van der Waals surface area contributed by atoms with Crippen molar-refractivity contribution in [3.8, 4) is 0 Å². The summed E-state index contributed by atoms with van der Waals surface area (Å²) >= 11 is 1.43. The summed E-state index contributed by atoms with van der Waals surface area (Å²) in [5.74, 6) is 1.47. The molecule has 0 radical (unpaired) electrons. The Bertz CT molecular complexity index is 245. The van der Waals surface area contributed by atoms with E-state index in [2.05, 4.69) is 17.0 Å². The van der Waals surface area contributed by atoms with Crippen molar-refractivity contribution in [3.63, 3.8) is 0 Å². The Morgan fingerprint density at radius 2 is 2.20 bits per heavy atom. The van der Waals surface area contributed by atoms with E-state index in [4.69, 9.17) is 0 Å². The minimum Gasteiger partial charge on any atom is -0.468 e. The van der Waals surface area contributed by atoms with Crippen molar-refractivity contribution in [2.24, 2.45) is 5.92 Å². The van der Waals surface area contributed by atoms with E-state index in [-0.39, 0.29) is 11.9 Å². The standard InChI is InChI=1S/C10H17NO3S/c1-7-5-8(7)11-9(12)3-4-15-6-10(13)14-2/h7-8H,3-6H2,1-2H3,(H,11,12)/t7-,8-/m0/s1. The average Bonchev–Trinajstić information content (AvgIpc) is 2.88. The van der Waals surface area contributed by atoms with Crippen LogP contribution >= 0.6 is 11.8 Å². The van der Waals surface area contributed by atoms with Gasteiger partial charge in [0.25, 0.3) is 0 Å². The number of hydrogen-bond acceptors (Lipinski definition) is 4. The fraction of sp³-hybridized carbons (Fsp3) is 0.800. The molecule has 0 aromatic heterocycles. The van der Waals surface area contributed by atoms with Crippen molar-refractivity contribution < 1.29 is 14.3 Å². The van der Waals surface area contributed by atoms with E-state index in [0.29, 0.717) is 29.9 Å². The number of nitrogens with one attached hydrogen (secondary N) is 1. The van der Waals surface area contributed by atoms with Crippen LogP contribution in [0.2, 0.25) is 0 Å². The van der Waals surface area contributed by atoms with Gasteiger partial charge < -0.3 is 10.1 Å². The van der Waals surface area contributed by atoms with Crippen LogP contribution in [0.25, 0.3) is 0 Å². The molecule has 86 valence electrons. The third-order valence-electron chi connectivity index (χ3n) is 2.38. The predicted octanol–water partition coefficient (Wildman–Crippen LogP) is 0.807. The Balaban J connectivity index is 1.95. The summed E-state index contributed by atoms with van der Waals surface area (Å²) in [7, 11) is 1.37. The fourth-order valence-corrected chi connectivity index (χ4v) is 1.94. The molecule has 0 unspecified atom stereocenters. The van der Waals surface area contributed by atoms with E-state index in [1.807, 2.05) is 0 Å². The maximum atomic E-state index is 11.3. The van der Waals surface area contributed by atoms with Crippen molar-refractivity contribution >= 4 is 23.6 Å². The van der Waals surface area contributed by atoms with Gasteiger partial charge in [-0.3, -0.25) is 9.59 Å². The summed E-state index contributed by atoms with van der Waals surface area (Å²) in [4.78, 5) is 22.1. The fourth-order valence-electron chi connectivity index (χ4n) is 1.18. The van der Waals surface area contributed by atoms with Crippen molar-refractivity contribution in [2.45, 2.75) is 25.8 Å². The number of methoxy groups -OCH3 is 1. The van der Waals surface area contributed by atoms with Crippen LogP contribution < -0.4 is 5.32 Å². The van der Waals surface area contributed by atoms with Crippen LogP contribution in [-0.4, -0.2) is 36.5 Å². The zero-order chi connectivity index (χ0) is 11.3. The highest BCUT2D eigenvalue weighted by molar-refractivity contribution is 7.99. The minimum atomic E-state index is -0.240. The normalized spacial score (nSPS) is 23.3. The molecule has 1 aliphatic rings. The Labute approximate surface area is 94.1 Å². The second kappa shape index (κ2) is 6.00. The second-order valence-corrected chi connectivity index (χ2v) is 4.87. The Hall–Kier alpha value is -0.710. The highest BCUT2D eigenvalue weighted by Crippen LogP contribution is 2.28. The van der Waals surface area contributed by atoms with Crippen molar-refractivity contribution in [1.82, 2.24) is 5.32 Å². The van der Waals surface area contributed by atoms with Gasteiger partial charge in [-0.05, 0) is 12.3 Å². The maximum absolute atomic E-state index is 11.3. The molecule has 0 heterocycles. The molecular formula is C10H17NO3S. The largest absolute Gasteiger partial charge is 0.468 e. The molecule has 4 nitrogen and oxygen atoms in total. The first kappa shape index (κ1) is 12.4. The maximum Gasteiger partial charge on any atom is 0.315 e.